The summed E-state index contributed by atoms with van der Waals surface area (Å²) in [6.07, 6.45) is 0. The van der Waals surface area contributed by atoms with Crippen LogP contribution in [0.5, 0.6) is 5.75 Å². The van der Waals surface area contributed by atoms with Crippen LogP contribution in [0.1, 0.15) is 27.5 Å². The molecular formula is C19H23N3O4. The second-order valence-corrected chi connectivity index (χ2v) is 6.17. The van der Waals surface area contributed by atoms with Crippen molar-refractivity contribution in [3.63, 3.8) is 0 Å². The van der Waals surface area contributed by atoms with Crippen molar-refractivity contribution >= 4 is 11.6 Å². The summed E-state index contributed by atoms with van der Waals surface area (Å²) in [6, 6.07) is 12.1. The topological polar surface area (TPSA) is 84.7 Å². The molecule has 1 amide bonds. The zero-order chi connectivity index (χ0) is 19.3. The second-order valence-electron chi connectivity index (χ2n) is 6.17. The number of nitrogens with zero attached hydrogens (tertiary/aromatic N) is 2. The molecule has 0 aliphatic heterocycles. The maximum absolute atomic E-state index is 12.5. The van der Waals surface area contributed by atoms with Crippen molar-refractivity contribution in [2.24, 2.45) is 0 Å². The van der Waals surface area contributed by atoms with E-state index >= 15 is 0 Å². The minimum Gasteiger partial charge on any atom is -0.497 e. The molecule has 0 aromatic heterocycles. The van der Waals surface area contributed by atoms with Crippen molar-refractivity contribution in [1.82, 2.24) is 10.2 Å². The summed E-state index contributed by atoms with van der Waals surface area (Å²) in [4.78, 5) is 25.1. The highest BCUT2D eigenvalue weighted by Gasteiger charge is 2.20. The number of likely N-dealkylation sites (N-methyl/N-ethyl adjacent to an activating group) is 1. The first kappa shape index (κ1) is 19.4. The van der Waals surface area contributed by atoms with Crippen LogP contribution in [-0.4, -0.2) is 43.5 Å². The predicted molar refractivity (Wildman–Crippen MR) is 99.6 cm³/mol. The Balaban J connectivity index is 2.18. The van der Waals surface area contributed by atoms with E-state index < -0.39 is 4.92 Å². The van der Waals surface area contributed by atoms with E-state index in [1.54, 1.807) is 20.1 Å². The number of nitro groups is 1. The number of benzene rings is 2. The number of rotatable bonds is 7. The van der Waals surface area contributed by atoms with Gasteiger partial charge in [0.2, 0.25) is 0 Å². The number of carbonyl (C=O) groups is 1. The Labute approximate surface area is 152 Å². The molecule has 2 aromatic carbocycles. The van der Waals surface area contributed by atoms with Crippen molar-refractivity contribution in [2.75, 3.05) is 27.7 Å². The molecule has 0 aliphatic rings. The number of carbonyl (C=O) groups excluding carboxylic acids is 1. The molecule has 2 rings (SSSR count). The lowest BCUT2D eigenvalue weighted by molar-refractivity contribution is -0.385. The van der Waals surface area contributed by atoms with Gasteiger partial charge in [-0.2, -0.15) is 0 Å². The van der Waals surface area contributed by atoms with Gasteiger partial charge < -0.3 is 15.0 Å². The first-order chi connectivity index (χ1) is 12.3. The zero-order valence-electron chi connectivity index (χ0n) is 15.4. The summed E-state index contributed by atoms with van der Waals surface area (Å²) in [5.74, 6) is 0.413. The molecule has 1 atom stereocenters. The molecule has 0 heterocycles. The molecule has 0 saturated heterocycles. The number of nitro benzene ring substituents is 1. The minimum atomic E-state index is -0.481. The van der Waals surface area contributed by atoms with Crippen LogP contribution < -0.4 is 10.1 Å². The molecular weight excluding hydrogens is 334 g/mol. The lowest BCUT2D eigenvalue weighted by Gasteiger charge is -2.25. The van der Waals surface area contributed by atoms with Crippen LogP contribution >= 0.6 is 0 Å². The van der Waals surface area contributed by atoms with Crippen LogP contribution in [0.15, 0.2) is 42.5 Å². The predicted octanol–water partition coefficient (Wildman–Crippen LogP) is 2.94. The molecule has 0 spiro atoms. The smallest absolute Gasteiger partial charge is 0.273 e. The van der Waals surface area contributed by atoms with E-state index in [9.17, 15) is 14.9 Å². The molecule has 0 radical (unpaired) electrons. The van der Waals surface area contributed by atoms with E-state index in [4.69, 9.17) is 4.74 Å². The van der Waals surface area contributed by atoms with Gasteiger partial charge >= 0.3 is 0 Å². The van der Waals surface area contributed by atoms with E-state index in [-0.39, 0.29) is 17.6 Å². The summed E-state index contributed by atoms with van der Waals surface area (Å²) in [7, 11) is 5.46. The molecule has 1 unspecified atom stereocenters. The number of ether oxygens (including phenoxy) is 1. The summed E-state index contributed by atoms with van der Waals surface area (Å²) in [5, 5.41) is 13.9. The Morgan fingerprint density at radius 1 is 1.27 bits per heavy atom. The Morgan fingerprint density at radius 2 is 1.96 bits per heavy atom. The quantitative estimate of drug-likeness (QED) is 0.608. The number of nitrogens with one attached hydrogen (secondary N) is 1. The van der Waals surface area contributed by atoms with Gasteiger partial charge in [0.25, 0.3) is 11.6 Å². The monoisotopic (exact) mass is 357 g/mol. The van der Waals surface area contributed by atoms with E-state index in [1.807, 2.05) is 43.3 Å². The standard InChI is InChI=1S/C19H23N3O4/c1-13-16(9-6-10-17(13)22(24)25)19(23)20-12-18(21(2)3)14-7-5-8-15(11-14)26-4/h5-11,18H,12H2,1-4H3,(H,20,23). The van der Waals surface area contributed by atoms with Crippen LogP contribution in [0.4, 0.5) is 5.69 Å². The van der Waals surface area contributed by atoms with Crippen LogP contribution in [0.25, 0.3) is 0 Å². The Kier molecular flexibility index (Phi) is 6.30. The summed E-state index contributed by atoms with van der Waals surface area (Å²) in [5.41, 5.74) is 1.61. The average molecular weight is 357 g/mol. The van der Waals surface area contributed by atoms with Crippen LogP contribution in [0.2, 0.25) is 0 Å². The highest BCUT2D eigenvalue weighted by Crippen LogP contribution is 2.23. The van der Waals surface area contributed by atoms with E-state index in [2.05, 4.69) is 5.32 Å². The average Bonchev–Trinajstić information content (AvgIpc) is 2.61. The summed E-state index contributed by atoms with van der Waals surface area (Å²) < 4.78 is 5.26. The van der Waals surface area contributed by atoms with E-state index in [0.717, 1.165) is 11.3 Å². The van der Waals surface area contributed by atoms with Crippen molar-refractivity contribution in [1.29, 1.82) is 0 Å². The normalized spacial score (nSPS) is 11.9. The van der Waals surface area contributed by atoms with Gasteiger partial charge in [-0.1, -0.05) is 18.2 Å². The van der Waals surface area contributed by atoms with Crippen molar-refractivity contribution in [2.45, 2.75) is 13.0 Å². The molecule has 0 bridgehead atoms. The molecule has 0 fully saturated rings. The highest BCUT2D eigenvalue weighted by molar-refractivity contribution is 5.96. The van der Waals surface area contributed by atoms with Gasteiger partial charge in [0.15, 0.2) is 0 Å². The fourth-order valence-electron chi connectivity index (χ4n) is 2.80. The van der Waals surface area contributed by atoms with Gasteiger partial charge in [0, 0.05) is 23.7 Å². The Hall–Kier alpha value is -2.93. The van der Waals surface area contributed by atoms with Gasteiger partial charge in [-0.3, -0.25) is 14.9 Å². The lowest BCUT2D eigenvalue weighted by Crippen LogP contribution is -2.34. The second kappa shape index (κ2) is 8.44. The fourth-order valence-corrected chi connectivity index (χ4v) is 2.80. The van der Waals surface area contributed by atoms with Crippen molar-refractivity contribution < 1.29 is 14.5 Å². The molecule has 26 heavy (non-hydrogen) atoms. The van der Waals surface area contributed by atoms with Gasteiger partial charge in [-0.15, -0.1) is 0 Å². The summed E-state index contributed by atoms with van der Waals surface area (Å²) >= 11 is 0. The van der Waals surface area contributed by atoms with Crippen LogP contribution in [0, 0.1) is 17.0 Å². The van der Waals surface area contributed by atoms with Crippen LogP contribution in [0.3, 0.4) is 0 Å². The fraction of sp³-hybridized carbons (Fsp3) is 0.316. The maximum Gasteiger partial charge on any atom is 0.273 e. The van der Waals surface area contributed by atoms with Gasteiger partial charge in [-0.25, -0.2) is 0 Å². The number of hydrogen-bond donors (Lipinski definition) is 1. The third-order valence-corrected chi connectivity index (χ3v) is 4.30. The number of hydrogen-bond acceptors (Lipinski definition) is 5. The first-order valence-corrected chi connectivity index (χ1v) is 8.17. The largest absolute Gasteiger partial charge is 0.497 e. The van der Waals surface area contributed by atoms with Gasteiger partial charge in [0.05, 0.1) is 18.1 Å². The SMILES string of the molecule is COc1cccc(C(CNC(=O)c2cccc([N+](=O)[O-])c2C)N(C)C)c1. The Morgan fingerprint density at radius 3 is 2.58 bits per heavy atom. The van der Waals surface area contributed by atoms with E-state index in [1.165, 1.54) is 12.1 Å². The minimum absolute atomic E-state index is 0.0606. The Bertz CT molecular complexity index is 805. The first-order valence-electron chi connectivity index (χ1n) is 8.17. The number of amides is 1. The van der Waals surface area contributed by atoms with Crippen molar-refractivity contribution in [3.8, 4) is 5.75 Å². The van der Waals surface area contributed by atoms with Crippen molar-refractivity contribution in [3.05, 3.63) is 69.3 Å². The van der Waals surface area contributed by atoms with Crippen LogP contribution in [-0.2, 0) is 0 Å². The molecule has 7 nitrogen and oxygen atoms in total. The molecule has 2 aromatic rings. The lowest BCUT2D eigenvalue weighted by atomic mass is 10.0. The maximum atomic E-state index is 12.5. The molecule has 0 aliphatic carbocycles. The zero-order valence-corrected chi connectivity index (χ0v) is 15.4. The molecule has 1 N–H and O–H groups in total. The molecule has 138 valence electrons. The third kappa shape index (κ3) is 4.37. The van der Waals surface area contributed by atoms with E-state index in [0.29, 0.717) is 17.7 Å². The van der Waals surface area contributed by atoms with Gasteiger partial charge in [0.1, 0.15) is 5.75 Å². The number of methoxy groups -OCH3 is 1. The summed E-state index contributed by atoms with van der Waals surface area (Å²) in [6.45, 7) is 1.94. The molecule has 7 heteroatoms. The molecule has 0 saturated carbocycles. The van der Waals surface area contributed by atoms with Gasteiger partial charge in [-0.05, 0) is 44.8 Å². The third-order valence-electron chi connectivity index (χ3n) is 4.30. The highest BCUT2D eigenvalue weighted by atomic mass is 16.6.